The summed E-state index contributed by atoms with van der Waals surface area (Å²) in [5.41, 5.74) is 0. The van der Waals surface area contributed by atoms with Crippen LogP contribution in [0.2, 0.25) is 12.6 Å². The van der Waals surface area contributed by atoms with E-state index in [0.29, 0.717) is 13.2 Å². The molecule has 0 amide bonds. The van der Waals surface area contributed by atoms with E-state index in [1.165, 1.54) is 6.04 Å². The van der Waals surface area contributed by atoms with E-state index in [1.807, 2.05) is 13.8 Å². The van der Waals surface area contributed by atoms with Crippen LogP contribution in [0.15, 0.2) is 0 Å². The summed E-state index contributed by atoms with van der Waals surface area (Å²) in [5.74, 6) is 0. The topological polar surface area (TPSA) is 18.5 Å². The Morgan fingerprint density at radius 2 is 1.75 bits per heavy atom. The van der Waals surface area contributed by atoms with Gasteiger partial charge in [0.05, 0.1) is 0 Å². The summed E-state index contributed by atoms with van der Waals surface area (Å²) in [4.78, 5) is 0. The molecule has 0 N–H and O–H groups in total. The van der Waals surface area contributed by atoms with Crippen LogP contribution in [0.3, 0.4) is 0 Å². The largest absolute Gasteiger partial charge is 0.342 e. The van der Waals surface area contributed by atoms with Gasteiger partial charge in [0.2, 0.25) is 5.12 Å². The van der Waals surface area contributed by atoms with Gasteiger partial charge in [0.25, 0.3) is 0 Å². The molecular formula is C8H20O2SSi. The maximum Gasteiger partial charge on any atom is 0.214 e. The second-order valence-corrected chi connectivity index (χ2v) is 5.07. The van der Waals surface area contributed by atoms with Gasteiger partial charge in [0.15, 0.2) is 0 Å². The standard InChI is InChI=1S/C8H20O2SSi/c1-4-9-8(11,10-5-2)6-7-12-3/h11H,4-7,12H2,1-3H3. The zero-order valence-corrected chi connectivity index (χ0v) is 10.6. The number of hydrogen-bond donors (Lipinski definition) is 1. The summed E-state index contributed by atoms with van der Waals surface area (Å²) in [6.45, 7) is 7.54. The van der Waals surface area contributed by atoms with E-state index in [9.17, 15) is 0 Å². The van der Waals surface area contributed by atoms with Crippen LogP contribution in [-0.4, -0.2) is 27.9 Å². The Bertz CT molecular complexity index is 105. The summed E-state index contributed by atoms with van der Waals surface area (Å²) in [6.07, 6.45) is 0.917. The Morgan fingerprint density at radius 3 is 2.08 bits per heavy atom. The van der Waals surface area contributed by atoms with Crippen LogP contribution >= 0.6 is 12.6 Å². The van der Waals surface area contributed by atoms with E-state index in [0.717, 1.165) is 6.42 Å². The van der Waals surface area contributed by atoms with Crippen molar-refractivity contribution >= 4 is 22.1 Å². The molecule has 0 atom stereocenters. The minimum atomic E-state index is -0.619. The van der Waals surface area contributed by atoms with Gasteiger partial charge >= 0.3 is 0 Å². The van der Waals surface area contributed by atoms with Crippen LogP contribution in [0.4, 0.5) is 0 Å². The second-order valence-electron chi connectivity index (χ2n) is 2.68. The van der Waals surface area contributed by atoms with Crippen molar-refractivity contribution in [3.63, 3.8) is 0 Å². The molecule has 0 aromatic heterocycles. The Balaban J connectivity index is 3.80. The first kappa shape index (κ1) is 12.5. The molecule has 0 fully saturated rings. The molecule has 0 aliphatic rings. The molecule has 12 heavy (non-hydrogen) atoms. The van der Waals surface area contributed by atoms with Gasteiger partial charge in [-0.05, 0) is 13.8 Å². The summed E-state index contributed by atoms with van der Waals surface area (Å²) in [5, 5.41) is -0.619. The lowest BCUT2D eigenvalue weighted by atomic mass is 10.4. The van der Waals surface area contributed by atoms with Gasteiger partial charge in [-0.2, -0.15) is 0 Å². The molecule has 0 rings (SSSR count). The quantitative estimate of drug-likeness (QED) is 0.390. The molecule has 0 aromatic carbocycles. The molecule has 0 aliphatic heterocycles. The highest BCUT2D eigenvalue weighted by Gasteiger charge is 2.24. The van der Waals surface area contributed by atoms with Gasteiger partial charge in [-0.1, -0.05) is 12.6 Å². The van der Waals surface area contributed by atoms with Crippen molar-refractivity contribution in [3.8, 4) is 0 Å². The zero-order chi connectivity index (χ0) is 9.45. The highest BCUT2D eigenvalue weighted by atomic mass is 32.1. The third-order valence-electron chi connectivity index (χ3n) is 1.59. The molecule has 0 heterocycles. The van der Waals surface area contributed by atoms with Crippen molar-refractivity contribution in [3.05, 3.63) is 0 Å². The molecule has 2 nitrogen and oxygen atoms in total. The maximum atomic E-state index is 5.44. The maximum absolute atomic E-state index is 5.44. The fraction of sp³-hybridized carbons (Fsp3) is 1.00. The molecule has 0 aliphatic carbocycles. The Kier molecular flexibility index (Phi) is 7.23. The Labute approximate surface area is 83.3 Å². The fourth-order valence-corrected chi connectivity index (χ4v) is 2.57. The molecule has 74 valence electrons. The van der Waals surface area contributed by atoms with E-state index >= 15 is 0 Å². The SMILES string of the molecule is CCOC(S)(CC[SiH2]C)OCC. The normalized spacial score (nSPS) is 13.0. The van der Waals surface area contributed by atoms with Crippen LogP contribution < -0.4 is 0 Å². The fourth-order valence-electron chi connectivity index (χ4n) is 1.04. The van der Waals surface area contributed by atoms with Gasteiger partial charge < -0.3 is 9.47 Å². The van der Waals surface area contributed by atoms with Crippen LogP contribution in [-0.2, 0) is 9.47 Å². The zero-order valence-electron chi connectivity index (χ0n) is 8.30. The average molecular weight is 208 g/mol. The lowest BCUT2D eigenvalue weighted by molar-refractivity contribution is -0.164. The summed E-state index contributed by atoms with van der Waals surface area (Å²) < 4.78 is 10.9. The molecule has 4 heteroatoms. The molecular weight excluding hydrogens is 188 g/mol. The molecule has 0 bridgehead atoms. The van der Waals surface area contributed by atoms with Crippen LogP contribution in [0.5, 0.6) is 0 Å². The van der Waals surface area contributed by atoms with Crippen LogP contribution in [0.25, 0.3) is 0 Å². The number of hydrogen-bond acceptors (Lipinski definition) is 3. The molecule has 0 spiro atoms. The predicted octanol–water partition coefficient (Wildman–Crippen LogP) is 1.67. The van der Waals surface area contributed by atoms with Crippen LogP contribution in [0, 0.1) is 0 Å². The second kappa shape index (κ2) is 6.94. The summed E-state index contributed by atoms with van der Waals surface area (Å²) >= 11 is 4.39. The van der Waals surface area contributed by atoms with Gasteiger partial charge in [0.1, 0.15) is 0 Å². The smallest absolute Gasteiger partial charge is 0.214 e. The van der Waals surface area contributed by atoms with Crippen molar-refractivity contribution in [2.75, 3.05) is 13.2 Å². The molecule has 0 radical (unpaired) electrons. The highest BCUT2D eigenvalue weighted by Crippen LogP contribution is 2.24. The Hall–Kier alpha value is 0.487. The van der Waals surface area contributed by atoms with Gasteiger partial charge in [-0.15, -0.1) is 12.6 Å². The van der Waals surface area contributed by atoms with E-state index in [-0.39, 0.29) is 9.52 Å². The molecule has 0 aromatic rings. The minimum Gasteiger partial charge on any atom is -0.342 e. The van der Waals surface area contributed by atoms with Gasteiger partial charge in [0, 0.05) is 29.2 Å². The van der Waals surface area contributed by atoms with Crippen molar-refractivity contribution in [2.45, 2.75) is 38.0 Å². The lowest BCUT2D eigenvalue weighted by Gasteiger charge is -2.27. The first-order chi connectivity index (χ1) is 5.68. The first-order valence-corrected chi connectivity index (χ1v) is 7.55. The highest BCUT2D eigenvalue weighted by molar-refractivity contribution is 7.81. The van der Waals surface area contributed by atoms with Crippen molar-refractivity contribution in [2.24, 2.45) is 0 Å². The molecule has 0 saturated carbocycles. The van der Waals surface area contributed by atoms with Crippen molar-refractivity contribution in [1.82, 2.24) is 0 Å². The van der Waals surface area contributed by atoms with Crippen molar-refractivity contribution < 1.29 is 9.47 Å². The minimum absolute atomic E-state index is 0.0913. The van der Waals surface area contributed by atoms with E-state index < -0.39 is 5.12 Å². The van der Waals surface area contributed by atoms with Gasteiger partial charge in [-0.3, -0.25) is 0 Å². The molecule has 0 unspecified atom stereocenters. The Morgan fingerprint density at radius 1 is 1.25 bits per heavy atom. The van der Waals surface area contributed by atoms with Gasteiger partial charge in [-0.25, -0.2) is 0 Å². The monoisotopic (exact) mass is 208 g/mol. The average Bonchev–Trinajstić information content (AvgIpc) is 2.02. The van der Waals surface area contributed by atoms with Crippen molar-refractivity contribution in [1.29, 1.82) is 0 Å². The number of ether oxygens (including phenoxy) is 2. The van der Waals surface area contributed by atoms with E-state index in [4.69, 9.17) is 9.47 Å². The number of rotatable bonds is 7. The van der Waals surface area contributed by atoms with Crippen LogP contribution in [0.1, 0.15) is 20.3 Å². The third kappa shape index (κ3) is 5.19. The molecule has 0 saturated heterocycles. The predicted molar refractivity (Wildman–Crippen MR) is 58.8 cm³/mol. The third-order valence-corrected chi connectivity index (χ3v) is 3.13. The van der Waals surface area contributed by atoms with E-state index in [1.54, 1.807) is 0 Å². The summed E-state index contributed by atoms with van der Waals surface area (Å²) in [7, 11) is 0.0913. The van der Waals surface area contributed by atoms with E-state index in [2.05, 4.69) is 19.2 Å². The lowest BCUT2D eigenvalue weighted by Crippen LogP contribution is -2.29. The summed E-state index contributed by atoms with van der Waals surface area (Å²) in [6, 6.07) is 1.23. The first-order valence-electron chi connectivity index (χ1n) is 4.68. The number of thiol groups is 1.